The molecule has 2 rings (SSSR count). The minimum absolute atomic E-state index is 0.130. The van der Waals surface area contributed by atoms with Crippen molar-refractivity contribution in [1.82, 2.24) is 9.97 Å². The van der Waals surface area contributed by atoms with E-state index in [9.17, 15) is 9.90 Å². The lowest BCUT2D eigenvalue weighted by Crippen LogP contribution is -2.25. The van der Waals surface area contributed by atoms with E-state index >= 15 is 0 Å². The molecule has 1 atom stereocenters. The van der Waals surface area contributed by atoms with Gasteiger partial charge in [-0.05, 0) is 6.42 Å². The molecule has 0 radical (unpaired) electrons. The Morgan fingerprint density at radius 3 is 2.94 bits per heavy atom. The highest BCUT2D eigenvalue weighted by Gasteiger charge is 2.22. The standard InChI is InChI=1S/C11H17N3O2/c1-7(2)11-12-9(5-10(16)13-11)14-4-3-8(15)6-14/h5,7-8,15H,3-4,6H2,1-2H3,(H,12,13,16)/t8-/m0/s1. The fourth-order valence-electron chi connectivity index (χ4n) is 1.85. The Kier molecular flexibility index (Phi) is 2.96. The number of aromatic amines is 1. The van der Waals surface area contributed by atoms with Crippen LogP contribution in [0.25, 0.3) is 0 Å². The summed E-state index contributed by atoms with van der Waals surface area (Å²) in [4.78, 5) is 20.6. The Labute approximate surface area is 94.1 Å². The van der Waals surface area contributed by atoms with Gasteiger partial charge in [-0.15, -0.1) is 0 Å². The lowest BCUT2D eigenvalue weighted by atomic mass is 10.2. The number of nitrogens with one attached hydrogen (secondary N) is 1. The van der Waals surface area contributed by atoms with Crippen LogP contribution in [0.1, 0.15) is 32.0 Å². The summed E-state index contributed by atoms with van der Waals surface area (Å²) in [5.41, 5.74) is -0.130. The second kappa shape index (κ2) is 4.25. The molecular formula is C11H17N3O2. The molecule has 1 saturated heterocycles. The van der Waals surface area contributed by atoms with Crippen LogP contribution in [0.5, 0.6) is 0 Å². The normalized spacial score (nSPS) is 20.8. The SMILES string of the molecule is CC(C)c1nc(N2CC[C@H](O)C2)cc(=O)[nH]1. The van der Waals surface area contributed by atoms with Gasteiger partial charge in [-0.25, -0.2) is 4.98 Å². The summed E-state index contributed by atoms with van der Waals surface area (Å²) in [6, 6.07) is 1.49. The van der Waals surface area contributed by atoms with Crippen molar-refractivity contribution in [3.8, 4) is 0 Å². The first kappa shape index (κ1) is 11.1. The summed E-state index contributed by atoms with van der Waals surface area (Å²) in [6.07, 6.45) is 0.439. The number of anilines is 1. The van der Waals surface area contributed by atoms with Crippen LogP contribution in [0, 0.1) is 0 Å². The van der Waals surface area contributed by atoms with Crippen LogP contribution in [-0.4, -0.2) is 34.3 Å². The molecule has 0 bridgehead atoms. The zero-order chi connectivity index (χ0) is 11.7. The molecule has 2 heterocycles. The predicted octanol–water partition coefficient (Wildman–Crippen LogP) is 0.464. The second-order valence-corrected chi connectivity index (χ2v) is 4.53. The summed E-state index contributed by atoms with van der Waals surface area (Å²) >= 11 is 0. The van der Waals surface area contributed by atoms with Gasteiger partial charge in [0.25, 0.3) is 5.56 Å². The van der Waals surface area contributed by atoms with Crippen LogP contribution in [0.15, 0.2) is 10.9 Å². The summed E-state index contributed by atoms with van der Waals surface area (Å²) in [6.45, 7) is 5.30. The van der Waals surface area contributed by atoms with Gasteiger partial charge in [0.1, 0.15) is 11.6 Å². The van der Waals surface area contributed by atoms with Crippen molar-refractivity contribution < 1.29 is 5.11 Å². The Hall–Kier alpha value is -1.36. The molecule has 0 aliphatic carbocycles. The topological polar surface area (TPSA) is 69.2 Å². The van der Waals surface area contributed by atoms with Crippen molar-refractivity contribution in [2.24, 2.45) is 0 Å². The van der Waals surface area contributed by atoms with Crippen molar-refractivity contribution in [1.29, 1.82) is 0 Å². The van der Waals surface area contributed by atoms with E-state index in [2.05, 4.69) is 9.97 Å². The van der Waals surface area contributed by atoms with Gasteiger partial charge in [-0.3, -0.25) is 4.79 Å². The molecule has 0 amide bonds. The number of rotatable bonds is 2. The Morgan fingerprint density at radius 2 is 2.38 bits per heavy atom. The molecule has 5 nitrogen and oxygen atoms in total. The van der Waals surface area contributed by atoms with Gasteiger partial charge in [-0.1, -0.05) is 13.8 Å². The molecule has 0 aromatic carbocycles. The number of nitrogens with zero attached hydrogens (tertiary/aromatic N) is 2. The highest BCUT2D eigenvalue weighted by atomic mass is 16.3. The third-order valence-electron chi connectivity index (χ3n) is 2.78. The largest absolute Gasteiger partial charge is 0.391 e. The molecule has 1 aromatic heterocycles. The van der Waals surface area contributed by atoms with Gasteiger partial charge in [0.05, 0.1) is 6.10 Å². The molecule has 0 saturated carbocycles. The average molecular weight is 223 g/mol. The van der Waals surface area contributed by atoms with E-state index in [1.807, 2.05) is 18.7 Å². The van der Waals surface area contributed by atoms with E-state index < -0.39 is 0 Å². The van der Waals surface area contributed by atoms with Crippen molar-refractivity contribution in [2.45, 2.75) is 32.3 Å². The number of β-amino-alcohol motifs (C(OH)–C–C–N with tert-alkyl or cyclic N) is 1. The maximum absolute atomic E-state index is 11.5. The minimum atomic E-state index is -0.302. The highest BCUT2D eigenvalue weighted by molar-refractivity contribution is 5.39. The molecule has 5 heteroatoms. The Morgan fingerprint density at radius 1 is 1.62 bits per heavy atom. The van der Waals surface area contributed by atoms with Crippen LogP contribution in [0.4, 0.5) is 5.82 Å². The smallest absolute Gasteiger partial charge is 0.252 e. The molecule has 0 spiro atoms. The zero-order valence-corrected chi connectivity index (χ0v) is 9.60. The van der Waals surface area contributed by atoms with Crippen LogP contribution in [0.2, 0.25) is 0 Å². The number of hydrogen-bond donors (Lipinski definition) is 2. The van der Waals surface area contributed by atoms with Crippen molar-refractivity contribution in [2.75, 3.05) is 18.0 Å². The first-order chi connectivity index (χ1) is 7.56. The van der Waals surface area contributed by atoms with E-state index in [1.54, 1.807) is 0 Å². The molecule has 1 aliphatic rings. The second-order valence-electron chi connectivity index (χ2n) is 4.53. The van der Waals surface area contributed by atoms with Crippen LogP contribution in [0.3, 0.4) is 0 Å². The number of aromatic nitrogens is 2. The molecule has 1 aliphatic heterocycles. The molecular weight excluding hydrogens is 206 g/mol. The van der Waals surface area contributed by atoms with Gasteiger partial charge in [-0.2, -0.15) is 0 Å². The fraction of sp³-hybridized carbons (Fsp3) is 0.636. The van der Waals surface area contributed by atoms with Gasteiger partial charge in [0.15, 0.2) is 0 Å². The average Bonchev–Trinajstić information content (AvgIpc) is 2.64. The van der Waals surface area contributed by atoms with E-state index in [0.29, 0.717) is 18.2 Å². The molecule has 0 unspecified atom stereocenters. The van der Waals surface area contributed by atoms with Gasteiger partial charge >= 0.3 is 0 Å². The lowest BCUT2D eigenvalue weighted by molar-refractivity contribution is 0.198. The molecule has 1 aromatic rings. The first-order valence-electron chi connectivity index (χ1n) is 5.60. The van der Waals surface area contributed by atoms with Crippen LogP contribution in [-0.2, 0) is 0 Å². The van der Waals surface area contributed by atoms with Crippen LogP contribution < -0.4 is 10.5 Å². The zero-order valence-electron chi connectivity index (χ0n) is 9.60. The predicted molar refractivity (Wildman–Crippen MR) is 61.8 cm³/mol. The number of H-pyrrole nitrogens is 1. The number of aliphatic hydroxyl groups excluding tert-OH is 1. The maximum atomic E-state index is 11.5. The summed E-state index contributed by atoms with van der Waals surface area (Å²) in [5, 5.41) is 9.45. The lowest BCUT2D eigenvalue weighted by Gasteiger charge is -2.17. The van der Waals surface area contributed by atoms with E-state index in [1.165, 1.54) is 6.07 Å². The monoisotopic (exact) mass is 223 g/mol. The van der Waals surface area contributed by atoms with E-state index in [4.69, 9.17) is 0 Å². The summed E-state index contributed by atoms with van der Waals surface area (Å²) in [5.74, 6) is 1.56. The third kappa shape index (κ3) is 2.24. The van der Waals surface area contributed by atoms with E-state index in [-0.39, 0.29) is 17.6 Å². The number of aliphatic hydroxyl groups is 1. The molecule has 1 fully saturated rings. The minimum Gasteiger partial charge on any atom is -0.391 e. The van der Waals surface area contributed by atoms with Gasteiger partial charge < -0.3 is 15.0 Å². The fourth-order valence-corrected chi connectivity index (χ4v) is 1.85. The third-order valence-corrected chi connectivity index (χ3v) is 2.78. The van der Waals surface area contributed by atoms with Crippen molar-refractivity contribution in [3.05, 3.63) is 22.2 Å². The number of hydrogen-bond acceptors (Lipinski definition) is 4. The first-order valence-corrected chi connectivity index (χ1v) is 5.60. The van der Waals surface area contributed by atoms with E-state index in [0.717, 1.165) is 13.0 Å². The highest BCUT2D eigenvalue weighted by Crippen LogP contribution is 2.18. The Balaban J connectivity index is 2.30. The van der Waals surface area contributed by atoms with Crippen molar-refractivity contribution >= 4 is 5.82 Å². The summed E-state index contributed by atoms with van der Waals surface area (Å²) in [7, 11) is 0. The Bertz CT molecular complexity index is 427. The molecule has 16 heavy (non-hydrogen) atoms. The molecule has 88 valence electrons. The van der Waals surface area contributed by atoms with Crippen LogP contribution >= 0.6 is 0 Å². The maximum Gasteiger partial charge on any atom is 0.252 e. The molecule has 2 N–H and O–H groups in total. The quantitative estimate of drug-likeness (QED) is 0.764. The van der Waals surface area contributed by atoms with Gasteiger partial charge in [0, 0.05) is 25.1 Å². The summed E-state index contributed by atoms with van der Waals surface area (Å²) < 4.78 is 0. The van der Waals surface area contributed by atoms with Gasteiger partial charge in [0.2, 0.25) is 0 Å². The van der Waals surface area contributed by atoms with Crippen molar-refractivity contribution in [3.63, 3.8) is 0 Å².